The third kappa shape index (κ3) is 5.14. The molecule has 1 unspecified atom stereocenters. The Kier molecular flexibility index (Phi) is 6.52. The minimum Gasteiger partial charge on any atom is -0.396 e. The van der Waals surface area contributed by atoms with Crippen LogP contribution < -0.4 is 11.1 Å². The van der Waals surface area contributed by atoms with Gasteiger partial charge in [-0.25, -0.2) is 0 Å². The Bertz CT molecular complexity index is 183. The number of hydrogen-bond donors (Lipinski definition) is 3. The molecule has 0 aliphatic rings. The summed E-state index contributed by atoms with van der Waals surface area (Å²) < 4.78 is 0. The van der Waals surface area contributed by atoms with E-state index in [4.69, 9.17) is 5.73 Å². The number of amides is 1. The highest BCUT2D eigenvalue weighted by atomic mass is 16.3. The van der Waals surface area contributed by atoms with Crippen molar-refractivity contribution >= 4 is 5.91 Å². The zero-order valence-electron chi connectivity index (χ0n) is 10.0. The van der Waals surface area contributed by atoms with Crippen molar-refractivity contribution in [1.82, 2.24) is 5.32 Å². The van der Waals surface area contributed by atoms with Gasteiger partial charge in [0.15, 0.2) is 0 Å². The number of carbonyl (C=O) groups excluding carboxylic acids is 1. The Morgan fingerprint density at radius 1 is 1.47 bits per heavy atom. The van der Waals surface area contributed by atoms with Crippen LogP contribution in [-0.2, 0) is 4.79 Å². The molecule has 0 fully saturated rings. The zero-order valence-corrected chi connectivity index (χ0v) is 10.0. The molecule has 0 bridgehead atoms. The molecular formula is C11H24N2O2. The van der Waals surface area contributed by atoms with Gasteiger partial charge in [0.1, 0.15) is 0 Å². The van der Waals surface area contributed by atoms with E-state index in [0.29, 0.717) is 6.42 Å². The number of aliphatic hydroxyl groups is 1. The van der Waals surface area contributed by atoms with Gasteiger partial charge in [0.05, 0.1) is 0 Å². The van der Waals surface area contributed by atoms with Gasteiger partial charge in [-0.05, 0) is 19.8 Å². The van der Waals surface area contributed by atoms with Gasteiger partial charge in [-0.3, -0.25) is 4.79 Å². The number of carbonyl (C=O) groups is 1. The molecule has 4 heteroatoms. The summed E-state index contributed by atoms with van der Waals surface area (Å²) in [5.41, 5.74) is 5.04. The van der Waals surface area contributed by atoms with Crippen LogP contribution in [0, 0.1) is 5.41 Å². The van der Waals surface area contributed by atoms with Gasteiger partial charge in [0, 0.05) is 31.0 Å². The van der Waals surface area contributed by atoms with Crippen LogP contribution in [-0.4, -0.2) is 30.2 Å². The van der Waals surface area contributed by atoms with E-state index in [1.807, 2.05) is 6.92 Å². The second kappa shape index (κ2) is 6.80. The monoisotopic (exact) mass is 216 g/mol. The van der Waals surface area contributed by atoms with Gasteiger partial charge in [-0.1, -0.05) is 13.8 Å². The van der Waals surface area contributed by atoms with Gasteiger partial charge in [0.2, 0.25) is 5.91 Å². The van der Waals surface area contributed by atoms with Crippen LogP contribution in [0.3, 0.4) is 0 Å². The van der Waals surface area contributed by atoms with E-state index >= 15 is 0 Å². The van der Waals surface area contributed by atoms with Crippen molar-refractivity contribution in [2.75, 3.05) is 13.2 Å². The molecular weight excluding hydrogens is 192 g/mol. The Labute approximate surface area is 92.2 Å². The van der Waals surface area contributed by atoms with Crippen LogP contribution in [0.25, 0.3) is 0 Å². The van der Waals surface area contributed by atoms with E-state index in [2.05, 4.69) is 19.2 Å². The second-order valence-corrected chi connectivity index (χ2v) is 4.32. The van der Waals surface area contributed by atoms with Crippen LogP contribution >= 0.6 is 0 Å². The first kappa shape index (κ1) is 14.4. The number of nitrogens with two attached hydrogens (primary N) is 1. The standard InChI is InChI=1S/C11H24N2O2/c1-4-11(5-2,8-14)7-13-9(3)6-10(12)15/h9,13-14H,4-8H2,1-3H3,(H2,12,15). The predicted molar refractivity (Wildman–Crippen MR) is 61.4 cm³/mol. The normalized spacial score (nSPS) is 13.9. The van der Waals surface area contributed by atoms with Crippen molar-refractivity contribution in [3.63, 3.8) is 0 Å². The zero-order chi connectivity index (χ0) is 11.9. The molecule has 0 radical (unpaired) electrons. The van der Waals surface area contributed by atoms with Gasteiger partial charge in [0.25, 0.3) is 0 Å². The van der Waals surface area contributed by atoms with Crippen LogP contribution in [0.15, 0.2) is 0 Å². The Morgan fingerprint density at radius 2 is 2.00 bits per heavy atom. The molecule has 0 rings (SSSR count). The molecule has 1 atom stereocenters. The molecule has 4 nitrogen and oxygen atoms in total. The first-order valence-corrected chi connectivity index (χ1v) is 5.62. The molecule has 0 aromatic heterocycles. The van der Waals surface area contributed by atoms with Crippen molar-refractivity contribution in [3.05, 3.63) is 0 Å². The van der Waals surface area contributed by atoms with Crippen molar-refractivity contribution in [2.45, 2.75) is 46.1 Å². The van der Waals surface area contributed by atoms with E-state index in [1.54, 1.807) is 0 Å². The summed E-state index contributed by atoms with van der Waals surface area (Å²) in [4.78, 5) is 10.7. The molecule has 90 valence electrons. The minimum absolute atomic E-state index is 0.0636. The lowest BCUT2D eigenvalue weighted by Gasteiger charge is -2.31. The fourth-order valence-corrected chi connectivity index (χ4v) is 1.54. The fourth-order valence-electron chi connectivity index (χ4n) is 1.54. The smallest absolute Gasteiger partial charge is 0.218 e. The maximum Gasteiger partial charge on any atom is 0.218 e. The highest BCUT2D eigenvalue weighted by Crippen LogP contribution is 2.24. The average molecular weight is 216 g/mol. The highest BCUT2D eigenvalue weighted by Gasteiger charge is 2.25. The minimum atomic E-state index is -0.294. The summed E-state index contributed by atoms with van der Waals surface area (Å²) >= 11 is 0. The van der Waals surface area contributed by atoms with Gasteiger partial charge in [-0.2, -0.15) is 0 Å². The molecule has 0 saturated carbocycles. The number of rotatable bonds is 8. The van der Waals surface area contributed by atoms with Crippen molar-refractivity contribution in [3.8, 4) is 0 Å². The maximum absolute atomic E-state index is 10.7. The van der Waals surface area contributed by atoms with Gasteiger partial charge < -0.3 is 16.2 Å². The Hall–Kier alpha value is -0.610. The van der Waals surface area contributed by atoms with E-state index in [-0.39, 0.29) is 24.0 Å². The highest BCUT2D eigenvalue weighted by molar-refractivity contribution is 5.74. The van der Waals surface area contributed by atoms with Crippen LogP contribution in [0.1, 0.15) is 40.0 Å². The van der Waals surface area contributed by atoms with E-state index in [1.165, 1.54) is 0 Å². The maximum atomic E-state index is 10.7. The lowest BCUT2D eigenvalue weighted by molar-refractivity contribution is -0.118. The molecule has 0 aromatic rings. The largest absolute Gasteiger partial charge is 0.396 e. The number of primary amides is 1. The number of aliphatic hydroxyl groups excluding tert-OH is 1. The van der Waals surface area contributed by atoms with E-state index < -0.39 is 0 Å². The molecule has 0 saturated heterocycles. The molecule has 15 heavy (non-hydrogen) atoms. The van der Waals surface area contributed by atoms with Crippen LogP contribution in [0.4, 0.5) is 0 Å². The van der Waals surface area contributed by atoms with Crippen molar-refractivity contribution in [1.29, 1.82) is 0 Å². The summed E-state index contributed by atoms with van der Waals surface area (Å²) in [6, 6.07) is 0.0755. The molecule has 1 amide bonds. The third-order valence-corrected chi connectivity index (χ3v) is 3.17. The van der Waals surface area contributed by atoms with Crippen molar-refractivity contribution < 1.29 is 9.90 Å². The number of hydrogen-bond acceptors (Lipinski definition) is 3. The summed E-state index contributed by atoms with van der Waals surface area (Å²) in [6.45, 7) is 6.97. The molecule has 0 aromatic carbocycles. The van der Waals surface area contributed by atoms with Crippen LogP contribution in [0.5, 0.6) is 0 Å². The summed E-state index contributed by atoms with van der Waals surface area (Å²) in [5, 5.41) is 12.6. The summed E-state index contributed by atoms with van der Waals surface area (Å²) in [7, 11) is 0. The molecule has 4 N–H and O–H groups in total. The molecule has 0 heterocycles. The summed E-state index contributed by atoms with van der Waals surface area (Å²) in [5.74, 6) is -0.294. The van der Waals surface area contributed by atoms with Crippen molar-refractivity contribution in [2.24, 2.45) is 11.1 Å². The summed E-state index contributed by atoms with van der Waals surface area (Å²) in [6.07, 6.45) is 2.20. The molecule has 0 aliphatic heterocycles. The van der Waals surface area contributed by atoms with Gasteiger partial charge >= 0.3 is 0 Å². The SMILES string of the molecule is CCC(CC)(CO)CNC(C)CC(N)=O. The lowest BCUT2D eigenvalue weighted by Crippen LogP contribution is -2.41. The number of nitrogens with one attached hydrogen (secondary N) is 1. The van der Waals surface area contributed by atoms with E-state index in [9.17, 15) is 9.90 Å². The first-order valence-electron chi connectivity index (χ1n) is 5.62. The van der Waals surface area contributed by atoms with Crippen LogP contribution in [0.2, 0.25) is 0 Å². The first-order chi connectivity index (χ1) is 6.99. The fraction of sp³-hybridized carbons (Fsp3) is 0.909. The average Bonchev–Trinajstić information content (AvgIpc) is 2.20. The Balaban J connectivity index is 4.04. The van der Waals surface area contributed by atoms with Gasteiger partial charge in [-0.15, -0.1) is 0 Å². The second-order valence-electron chi connectivity index (χ2n) is 4.32. The lowest BCUT2D eigenvalue weighted by atomic mass is 9.83. The third-order valence-electron chi connectivity index (χ3n) is 3.17. The van der Waals surface area contributed by atoms with E-state index in [0.717, 1.165) is 19.4 Å². The Morgan fingerprint density at radius 3 is 2.33 bits per heavy atom. The molecule has 0 spiro atoms. The quantitative estimate of drug-likeness (QED) is 0.557. The molecule has 0 aliphatic carbocycles. The topological polar surface area (TPSA) is 75.3 Å². The predicted octanol–water partition coefficient (Wildman–Crippen LogP) is 0.639.